The topological polar surface area (TPSA) is 101 Å². The van der Waals surface area contributed by atoms with Crippen molar-refractivity contribution in [2.45, 2.75) is 19.8 Å². The van der Waals surface area contributed by atoms with Crippen molar-refractivity contribution in [3.8, 4) is 34.3 Å². The van der Waals surface area contributed by atoms with E-state index >= 15 is 0 Å². The molecule has 0 saturated heterocycles. The molecule has 0 aliphatic carbocycles. The second kappa shape index (κ2) is 8.43. The highest BCUT2D eigenvalue weighted by molar-refractivity contribution is 5.70. The van der Waals surface area contributed by atoms with Gasteiger partial charge in [0.1, 0.15) is 5.76 Å². The van der Waals surface area contributed by atoms with E-state index in [0.29, 0.717) is 17.7 Å². The van der Waals surface area contributed by atoms with Crippen molar-refractivity contribution in [1.82, 2.24) is 5.32 Å². The maximum Gasteiger partial charge on any atom is 0.227 e. The number of ether oxygens (including phenoxy) is 2. The van der Waals surface area contributed by atoms with E-state index in [1.165, 1.54) is 32.4 Å². The van der Waals surface area contributed by atoms with Crippen molar-refractivity contribution in [3.05, 3.63) is 34.2 Å². The van der Waals surface area contributed by atoms with Crippen molar-refractivity contribution in [1.29, 1.82) is 0 Å². The van der Waals surface area contributed by atoms with E-state index in [4.69, 9.17) is 13.9 Å². The van der Waals surface area contributed by atoms with Crippen molar-refractivity contribution in [2.24, 2.45) is 0 Å². The molecule has 136 valence electrons. The molecule has 0 radical (unpaired) electrons. The monoisotopic (exact) mass is 349 g/mol. The molecule has 2 aromatic rings. The minimum atomic E-state index is -0.522. The van der Waals surface area contributed by atoms with Crippen LogP contribution in [0.15, 0.2) is 27.4 Å². The van der Waals surface area contributed by atoms with Gasteiger partial charge >= 0.3 is 0 Å². The molecule has 1 aromatic heterocycles. The Morgan fingerprint density at radius 1 is 1.08 bits per heavy atom. The molecule has 3 N–H and O–H groups in total. The third-order valence-corrected chi connectivity index (χ3v) is 3.74. The van der Waals surface area contributed by atoms with Crippen LogP contribution < -0.4 is 20.2 Å². The largest absolute Gasteiger partial charge is 0.502 e. The average molecular weight is 349 g/mol. The number of nitrogens with one attached hydrogen (secondary N) is 1. The summed E-state index contributed by atoms with van der Waals surface area (Å²) in [6, 6.07) is 4.23. The number of aromatic hydroxyl groups is 2. The van der Waals surface area contributed by atoms with E-state index in [-0.39, 0.29) is 23.0 Å². The van der Waals surface area contributed by atoms with E-state index in [0.717, 1.165) is 19.5 Å². The Bertz CT molecular complexity index is 759. The molecule has 1 aromatic carbocycles. The first-order valence-electron chi connectivity index (χ1n) is 8.03. The quantitative estimate of drug-likeness (QED) is 0.629. The molecule has 0 spiro atoms. The summed E-state index contributed by atoms with van der Waals surface area (Å²) in [4.78, 5) is 12.1. The fraction of sp³-hybridized carbons (Fsp3) is 0.389. The minimum absolute atomic E-state index is 0.0163. The SMILES string of the molecule is CCNCCCc1cc(=O)c(O)c(-c2cc(OC)c(O)c(OC)c2)o1. The number of phenols is 1. The van der Waals surface area contributed by atoms with Crippen LogP contribution in [-0.4, -0.2) is 37.5 Å². The normalized spacial score (nSPS) is 10.7. The highest BCUT2D eigenvalue weighted by Gasteiger charge is 2.18. The number of aryl methyl sites for hydroxylation is 1. The van der Waals surface area contributed by atoms with Gasteiger partial charge in [0.2, 0.25) is 16.9 Å². The van der Waals surface area contributed by atoms with Gasteiger partial charge in [0.05, 0.1) is 14.2 Å². The van der Waals surface area contributed by atoms with Crippen molar-refractivity contribution in [3.63, 3.8) is 0 Å². The molecule has 0 saturated carbocycles. The highest BCUT2D eigenvalue weighted by atomic mass is 16.5. The first-order chi connectivity index (χ1) is 12.0. The fourth-order valence-electron chi connectivity index (χ4n) is 2.44. The first-order valence-corrected chi connectivity index (χ1v) is 8.03. The molecular weight excluding hydrogens is 326 g/mol. The van der Waals surface area contributed by atoms with E-state index < -0.39 is 11.2 Å². The van der Waals surface area contributed by atoms with Crippen LogP contribution in [0.1, 0.15) is 19.1 Å². The maximum atomic E-state index is 12.1. The molecule has 0 unspecified atom stereocenters. The Morgan fingerprint density at radius 3 is 2.28 bits per heavy atom. The molecular formula is C18H23NO6. The van der Waals surface area contributed by atoms with Crippen LogP contribution in [0.25, 0.3) is 11.3 Å². The number of phenolic OH excluding ortho intramolecular Hbond substituents is 1. The fourth-order valence-corrected chi connectivity index (χ4v) is 2.44. The lowest BCUT2D eigenvalue weighted by Crippen LogP contribution is -2.15. The third kappa shape index (κ3) is 4.24. The van der Waals surface area contributed by atoms with E-state index in [9.17, 15) is 15.0 Å². The number of methoxy groups -OCH3 is 2. The third-order valence-electron chi connectivity index (χ3n) is 3.74. The van der Waals surface area contributed by atoms with Crippen molar-refractivity contribution >= 4 is 0 Å². The zero-order valence-electron chi connectivity index (χ0n) is 14.6. The average Bonchev–Trinajstić information content (AvgIpc) is 2.61. The Kier molecular flexibility index (Phi) is 6.30. The Hall–Kier alpha value is -2.67. The number of hydrogen-bond donors (Lipinski definition) is 3. The predicted octanol–water partition coefficient (Wildman–Crippen LogP) is 2.28. The second-order valence-electron chi connectivity index (χ2n) is 5.44. The van der Waals surface area contributed by atoms with E-state index in [1.807, 2.05) is 6.92 Å². The van der Waals surface area contributed by atoms with Gasteiger partial charge in [0.25, 0.3) is 0 Å². The molecule has 0 aliphatic rings. The van der Waals surface area contributed by atoms with Gasteiger partial charge in [-0.2, -0.15) is 0 Å². The van der Waals surface area contributed by atoms with Crippen LogP contribution in [0.3, 0.4) is 0 Å². The lowest BCUT2D eigenvalue weighted by molar-refractivity contribution is 0.339. The zero-order chi connectivity index (χ0) is 18.4. The molecule has 0 atom stereocenters. The second-order valence-corrected chi connectivity index (χ2v) is 5.44. The molecule has 1 heterocycles. The van der Waals surface area contributed by atoms with Crippen LogP contribution in [0.4, 0.5) is 0 Å². The summed E-state index contributed by atoms with van der Waals surface area (Å²) in [6.45, 7) is 3.69. The molecule has 0 aliphatic heterocycles. The maximum absolute atomic E-state index is 12.1. The summed E-state index contributed by atoms with van der Waals surface area (Å²) in [5.41, 5.74) is -0.152. The number of benzene rings is 1. The van der Waals surface area contributed by atoms with Crippen molar-refractivity contribution < 1.29 is 24.1 Å². The summed E-state index contributed by atoms with van der Waals surface area (Å²) < 4.78 is 15.9. The highest BCUT2D eigenvalue weighted by Crippen LogP contribution is 2.41. The molecule has 0 bridgehead atoms. The predicted molar refractivity (Wildman–Crippen MR) is 93.7 cm³/mol. The summed E-state index contributed by atoms with van der Waals surface area (Å²) in [5, 5.41) is 23.3. The molecule has 0 amide bonds. The summed E-state index contributed by atoms with van der Waals surface area (Å²) in [7, 11) is 2.79. The molecule has 7 nitrogen and oxygen atoms in total. The van der Waals surface area contributed by atoms with Crippen LogP contribution >= 0.6 is 0 Å². The lowest BCUT2D eigenvalue weighted by atomic mass is 10.1. The zero-order valence-corrected chi connectivity index (χ0v) is 14.6. The lowest BCUT2D eigenvalue weighted by Gasteiger charge is -2.12. The van der Waals surface area contributed by atoms with Crippen molar-refractivity contribution in [2.75, 3.05) is 27.3 Å². The molecule has 0 fully saturated rings. The van der Waals surface area contributed by atoms with E-state index in [2.05, 4.69) is 5.32 Å². The standard InChI is InChI=1S/C18H23NO6/c1-4-19-7-5-6-12-10-13(20)16(21)18(25-12)11-8-14(23-2)17(22)15(9-11)24-3/h8-10,19,21-22H,4-7H2,1-3H3. The molecule has 2 rings (SSSR count). The molecule has 7 heteroatoms. The van der Waals surface area contributed by atoms with Gasteiger partial charge in [0, 0.05) is 18.1 Å². The number of hydrogen-bond acceptors (Lipinski definition) is 7. The van der Waals surface area contributed by atoms with Crippen LogP contribution in [-0.2, 0) is 6.42 Å². The van der Waals surface area contributed by atoms with Gasteiger partial charge in [-0.3, -0.25) is 4.79 Å². The van der Waals surface area contributed by atoms with Gasteiger partial charge in [-0.1, -0.05) is 6.92 Å². The Balaban J connectivity index is 2.44. The molecule has 25 heavy (non-hydrogen) atoms. The van der Waals surface area contributed by atoms with Gasteiger partial charge < -0.3 is 29.4 Å². The smallest absolute Gasteiger partial charge is 0.227 e. The Labute approximate surface area is 145 Å². The van der Waals surface area contributed by atoms with Gasteiger partial charge in [-0.25, -0.2) is 0 Å². The van der Waals surface area contributed by atoms with E-state index in [1.54, 1.807) is 0 Å². The van der Waals surface area contributed by atoms with Gasteiger partial charge in [-0.05, 0) is 31.6 Å². The van der Waals surface area contributed by atoms with Crippen LogP contribution in [0.5, 0.6) is 23.0 Å². The summed E-state index contributed by atoms with van der Waals surface area (Å²) in [6.07, 6.45) is 1.35. The first kappa shape index (κ1) is 18.7. The van der Waals surface area contributed by atoms with Crippen LogP contribution in [0.2, 0.25) is 0 Å². The summed E-state index contributed by atoms with van der Waals surface area (Å²) >= 11 is 0. The van der Waals surface area contributed by atoms with Gasteiger partial charge in [0.15, 0.2) is 17.3 Å². The van der Waals surface area contributed by atoms with Gasteiger partial charge in [-0.15, -0.1) is 0 Å². The minimum Gasteiger partial charge on any atom is -0.502 e. The summed E-state index contributed by atoms with van der Waals surface area (Å²) in [5.74, 6) is 0.120. The number of rotatable bonds is 8. The van der Waals surface area contributed by atoms with Crippen LogP contribution in [0, 0.1) is 0 Å². The Morgan fingerprint density at radius 2 is 1.72 bits per heavy atom.